The number of hydrogen-bond donors (Lipinski definition) is 1. The quantitative estimate of drug-likeness (QED) is 0.796. The molecular weight excluding hydrogens is 360 g/mol. The summed E-state index contributed by atoms with van der Waals surface area (Å²) in [4.78, 5) is 25.6. The monoisotopic (exact) mass is 382 g/mol. The van der Waals surface area contributed by atoms with Crippen LogP contribution in [0.15, 0.2) is 48.5 Å². The molecule has 2 aliphatic heterocycles. The van der Waals surface area contributed by atoms with Crippen LogP contribution in [0.3, 0.4) is 0 Å². The number of ether oxygens (including phenoxy) is 3. The van der Waals surface area contributed by atoms with Crippen LogP contribution in [0.25, 0.3) is 0 Å². The molecule has 0 aliphatic carbocycles. The number of nitrogens with zero attached hydrogens (tertiary/aromatic N) is 1. The Morgan fingerprint density at radius 3 is 2.64 bits per heavy atom. The second-order valence-corrected chi connectivity index (χ2v) is 6.73. The molecule has 2 amide bonds. The van der Waals surface area contributed by atoms with Crippen molar-refractivity contribution < 1.29 is 23.8 Å². The Balaban J connectivity index is 1.44. The number of carbonyl (C=O) groups is 2. The van der Waals surface area contributed by atoms with E-state index in [1.165, 1.54) is 0 Å². The Bertz CT molecular complexity index is 855. The van der Waals surface area contributed by atoms with Crippen molar-refractivity contribution in [3.05, 3.63) is 59.7 Å². The van der Waals surface area contributed by atoms with E-state index in [4.69, 9.17) is 14.2 Å². The van der Waals surface area contributed by atoms with E-state index in [1.54, 1.807) is 4.90 Å². The zero-order valence-electron chi connectivity index (χ0n) is 15.4. The molecule has 1 atom stereocenters. The van der Waals surface area contributed by atoms with Gasteiger partial charge >= 0.3 is 6.09 Å². The minimum atomic E-state index is -0.322. The molecule has 7 nitrogen and oxygen atoms in total. The SMILES string of the molecule is O=C(C[C@@H](c1ccccc1)c1ccc2c(c1)OCO2)NCCN1CCOC1=O. The number of nitrogens with one attached hydrogen (secondary N) is 1. The Morgan fingerprint density at radius 2 is 1.86 bits per heavy atom. The van der Waals surface area contributed by atoms with Gasteiger partial charge in [-0.3, -0.25) is 4.79 Å². The number of rotatable bonds is 7. The van der Waals surface area contributed by atoms with E-state index in [-0.39, 0.29) is 24.7 Å². The van der Waals surface area contributed by atoms with Crippen LogP contribution >= 0.6 is 0 Å². The highest BCUT2D eigenvalue weighted by Crippen LogP contribution is 2.37. The molecule has 2 aromatic carbocycles. The smallest absolute Gasteiger partial charge is 0.409 e. The van der Waals surface area contributed by atoms with E-state index in [0.29, 0.717) is 38.4 Å². The van der Waals surface area contributed by atoms with E-state index >= 15 is 0 Å². The molecule has 2 aromatic rings. The minimum Gasteiger partial charge on any atom is -0.454 e. The van der Waals surface area contributed by atoms with E-state index < -0.39 is 0 Å². The zero-order valence-corrected chi connectivity index (χ0v) is 15.4. The third-order valence-electron chi connectivity index (χ3n) is 4.94. The number of benzene rings is 2. The highest BCUT2D eigenvalue weighted by Gasteiger charge is 2.23. The van der Waals surface area contributed by atoms with Gasteiger partial charge in [-0.25, -0.2) is 4.79 Å². The zero-order chi connectivity index (χ0) is 19.3. The van der Waals surface area contributed by atoms with Crippen LogP contribution in [0.2, 0.25) is 0 Å². The summed E-state index contributed by atoms with van der Waals surface area (Å²) in [5, 5.41) is 2.91. The van der Waals surface area contributed by atoms with Crippen molar-refractivity contribution in [3.8, 4) is 11.5 Å². The van der Waals surface area contributed by atoms with Crippen molar-refractivity contribution in [2.24, 2.45) is 0 Å². The third kappa shape index (κ3) is 4.03. The van der Waals surface area contributed by atoms with Gasteiger partial charge in [-0.2, -0.15) is 0 Å². The standard InChI is InChI=1S/C21H22N2O5/c24-20(22-8-9-23-10-11-26-21(23)25)13-17(15-4-2-1-3-5-15)16-6-7-18-19(12-16)28-14-27-18/h1-7,12,17H,8-11,13-14H2,(H,22,24)/t17-/m0/s1. The molecule has 0 radical (unpaired) electrons. The molecule has 0 bridgehead atoms. The topological polar surface area (TPSA) is 77.1 Å². The van der Waals surface area contributed by atoms with Crippen LogP contribution in [0.4, 0.5) is 4.79 Å². The molecule has 2 aliphatic rings. The van der Waals surface area contributed by atoms with Gasteiger partial charge < -0.3 is 24.4 Å². The van der Waals surface area contributed by atoms with Crippen LogP contribution in [-0.4, -0.2) is 49.9 Å². The lowest BCUT2D eigenvalue weighted by atomic mass is 9.88. The highest BCUT2D eigenvalue weighted by atomic mass is 16.7. The largest absolute Gasteiger partial charge is 0.454 e. The number of carbonyl (C=O) groups excluding carboxylic acids is 2. The normalized spacial score (nSPS) is 16.0. The molecule has 28 heavy (non-hydrogen) atoms. The van der Waals surface area contributed by atoms with E-state index in [2.05, 4.69) is 5.32 Å². The fraction of sp³-hybridized carbons (Fsp3) is 0.333. The summed E-state index contributed by atoms with van der Waals surface area (Å²) in [7, 11) is 0. The fourth-order valence-corrected chi connectivity index (χ4v) is 3.46. The molecule has 1 N–H and O–H groups in total. The molecule has 1 fully saturated rings. The molecule has 7 heteroatoms. The minimum absolute atomic E-state index is 0.0703. The van der Waals surface area contributed by atoms with E-state index in [1.807, 2.05) is 48.5 Å². The van der Waals surface area contributed by atoms with Crippen molar-refractivity contribution in [3.63, 3.8) is 0 Å². The Kier molecular flexibility index (Phi) is 5.32. The summed E-state index contributed by atoms with van der Waals surface area (Å²) in [6.45, 7) is 2.04. The molecule has 0 spiro atoms. The van der Waals surface area contributed by atoms with Gasteiger partial charge in [0.2, 0.25) is 12.7 Å². The summed E-state index contributed by atoms with van der Waals surface area (Å²) in [5.74, 6) is 1.25. The van der Waals surface area contributed by atoms with Crippen LogP contribution in [0, 0.1) is 0 Å². The number of amides is 2. The van der Waals surface area contributed by atoms with Gasteiger partial charge in [-0.15, -0.1) is 0 Å². The van der Waals surface area contributed by atoms with Crippen molar-refractivity contribution in [2.75, 3.05) is 33.0 Å². The molecular formula is C21H22N2O5. The average Bonchev–Trinajstić information content (AvgIpc) is 3.35. The van der Waals surface area contributed by atoms with Gasteiger partial charge in [0.15, 0.2) is 11.5 Å². The maximum Gasteiger partial charge on any atom is 0.409 e. The second-order valence-electron chi connectivity index (χ2n) is 6.73. The molecule has 0 saturated carbocycles. The molecule has 1 saturated heterocycles. The number of hydrogen-bond acceptors (Lipinski definition) is 5. The van der Waals surface area contributed by atoms with Crippen LogP contribution in [-0.2, 0) is 9.53 Å². The fourth-order valence-electron chi connectivity index (χ4n) is 3.46. The lowest BCUT2D eigenvalue weighted by molar-refractivity contribution is -0.121. The first-order chi connectivity index (χ1) is 13.7. The Morgan fingerprint density at radius 1 is 1.04 bits per heavy atom. The molecule has 4 rings (SSSR count). The van der Waals surface area contributed by atoms with E-state index in [9.17, 15) is 9.59 Å². The van der Waals surface area contributed by atoms with Gasteiger partial charge in [0.05, 0.1) is 6.54 Å². The third-order valence-corrected chi connectivity index (χ3v) is 4.94. The van der Waals surface area contributed by atoms with Gasteiger partial charge in [-0.05, 0) is 23.3 Å². The first-order valence-electron chi connectivity index (χ1n) is 9.33. The van der Waals surface area contributed by atoms with Crippen molar-refractivity contribution in [1.82, 2.24) is 10.2 Å². The molecule has 0 aromatic heterocycles. The predicted octanol–water partition coefficient (Wildman–Crippen LogP) is 2.51. The van der Waals surface area contributed by atoms with Crippen LogP contribution < -0.4 is 14.8 Å². The van der Waals surface area contributed by atoms with Gasteiger partial charge in [0.25, 0.3) is 0 Å². The number of fused-ring (bicyclic) bond motifs is 1. The van der Waals surface area contributed by atoms with Crippen molar-refractivity contribution in [2.45, 2.75) is 12.3 Å². The first kappa shape index (κ1) is 18.2. The summed E-state index contributed by atoms with van der Waals surface area (Å²) >= 11 is 0. The summed E-state index contributed by atoms with van der Waals surface area (Å²) in [5.41, 5.74) is 2.05. The van der Waals surface area contributed by atoms with Gasteiger partial charge in [0, 0.05) is 25.4 Å². The Hall–Kier alpha value is -3.22. The van der Waals surface area contributed by atoms with Crippen molar-refractivity contribution >= 4 is 12.0 Å². The Labute approximate surface area is 163 Å². The van der Waals surface area contributed by atoms with Crippen LogP contribution in [0.1, 0.15) is 23.5 Å². The second kappa shape index (κ2) is 8.21. The average molecular weight is 382 g/mol. The lowest BCUT2D eigenvalue weighted by Gasteiger charge is -2.19. The molecule has 2 heterocycles. The lowest BCUT2D eigenvalue weighted by Crippen LogP contribution is -2.35. The first-order valence-corrected chi connectivity index (χ1v) is 9.33. The predicted molar refractivity (Wildman–Crippen MR) is 101 cm³/mol. The van der Waals surface area contributed by atoms with Gasteiger partial charge in [-0.1, -0.05) is 36.4 Å². The van der Waals surface area contributed by atoms with Crippen molar-refractivity contribution in [1.29, 1.82) is 0 Å². The summed E-state index contributed by atoms with van der Waals surface area (Å²) in [6, 6.07) is 15.7. The maximum absolute atomic E-state index is 12.6. The summed E-state index contributed by atoms with van der Waals surface area (Å²) in [6.07, 6.45) is -0.0227. The maximum atomic E-state index is 12.6. The molecule has 0 unspecified atom stereocenters. The molecule has 146 valence electrons. The summed E-state index contributed by atoms with van der Waals surface area (Å²) < 4.78 is 15.8. The number of cyclic esters (lactones) is 1. The highest BCUT2D eigenvalue weighted by molar-refractivity contribution is 5.77. The van der Waals surface area contributed by atoms with Crippen LogP contribution in [0.5, 0.6) is 11.5 Å². The van der Waals surface area contributed by atoms with Gasteiger partial charge in [0.1, 0.15) is 6.61 Å². The van der Waals surface area contributed by atoms with E-state index in [0.717, 1.165) is 16.9 Å².